The fraction of sp³-hybridized carbons (Fsp3) is 0.533. The number of nitrogens with zero attached hydrogens (tertiary/aromatic N) is 1. The molecule has 1 aliphatic heterocycles. The first-order valence-corrected chi connectivity index (χ1v) is 7.10. The number of para-hydroxylation sites is 1. The maximum absolute atomic E-state index is 11.8. The lowest BCUT2D eigenvalue weighted by Gasteiger charge is -2.17. The van der Waals surface area contributed by atoms with Crippen LogP contribution in [0.4, 0.5) is 5.69 Å². The molecule has 0 saturated carbocycles. The molecule has 1 saturated heterocycles. The quantitative estimate of drug-likeness (QED) is 0.823. The van der Waals surface area contributed by atoms with Crippen LogP contribution in [0.5, 0.6) is 0 Å². The Balaban J connectivity index is 1.97. The van der Waals surface area contributed by atoms with E-state index in [-0.39, 0.29) is 5.91 Å². The molecule has 1 fully saturated rings. The van der Waals surface area contributed by atoms with Gasteiger partial charge in [0.1, 0.15) is 0 Å². The first-order valence-electron chi connectivity index (χ1n) is 7.10. The standard InChI is InChI=1S/C15H23N3O/c16-9-5-8-15(19)17-14-7-2-1-6-13(14)12-18-10-3-4-11-18/h1-2,6-7H,3-5,8-12,16H2,(H,17,19). The summed E-state index contributed by atoms with van der Waals surface area (Å²) >= 11 is 0. The fourth-order valence-electron chi connectivity index (χ4n) is 2.44. The number of amides is 1. The van der Waals surface area contributed by atoms with Gasteiger partial charge in [0, 0.05) is 18.7 Å². The Morgan fingerprint density at radius 1 is 1.26 bits per heavy atom. The molecule has 0 spiro atoms. The molecule has 1 amide bonds. The average molecular weight is 261 g/mol. The Labute approximate surface area is 115 Å². The Kier molecular flexibility index (Phi) is 5.36. The summed E-state index contributed by atoms with van der Waals surface area (Å²) in [6, 6.07) is 8.07. The van der Waals surface area contributed by atoms with Gasteiger partial charge in [-0.3, -0.25) is 9.69 Å². The van der Waals surface area contributed by atoms with Crippen molar-refractivity contribution in [3.63, 3.8) is 0 Å². The van der Waals surface area contributed by atoms with Crippen molar-refractivity contribution in [2.75, 3.05) is 25.0 Å². The number of nitrogens with two attached hydrogens (primary N) is 1. The van der Waals surface area contributed by atoms with Gasteiger partial charge in [-0.15, -0.1) is 0 Å². The highest BCUT2D eigenvalue weighted by Gasteiger charge is 2.14. The number of anilines is 1. The summed E-state index contributed by atoms with van der Waals surface area (Å²) in [6.07, 6.45) is 3.80. The van der Waals surface area contributed by atoms with E-state index in [1.165, 1.54) is 18.4 Å². The molecule has 1 heterocycles. The molecule has 0 unspecified atom stereocenters. The molecule has 0 aliphatic carbocycles. The lowest BCUT2D eigenvalue weighted by molar-refractivity contribution is -0.116. The summed E-state index contributed by atoms with van der Waals surface area (Å²) < 4.78 is 0. The van der Waals surface area contributed by atoms with Crippen LogP contribution in [0.25, 0.3) is 0 Å². The van der Waals surface area contributed by atoms with Crippen LogP contribution >= 0.6 is 0 Å². The van der Waals surface area contributed by atoms with E-state index in [2.05, 4.69) is 16.3 Å². The first-order chi connectivity index (χ1) is 9.29. The van der Waals surface area contributed by atoms with Crippen LogP contribution in [0.15, 0.2) is 24.3 Å². The first kappa shape index (κ1) is 14.0. The van der Waals surface area contributed by atoms with Crippen molar-refractivity contribution < 1.29 is 4.79 Å². The van der Waals surface area contributed by atoms with Crippen LogP contribution in [0, 0.1) is 0 Å². The molecule has 2 rings (SSSR count). The van der Waals surface area contributed by atoms with Crippen molar-refractivity contribution in [3.8, 4) is 0 Å². The van der Waals surface area contributed by atoms with Gasteiger partial charge in [0.05, 0.1) is 0 Å². The number of rotatable bonds is 6. The highest BCUT2D eigenvalue weighted by Crippen LogP contribution is 2.20. The third-order valence-electron chi connectivity index (χ3n) is 3.49. The molecule has 4 heteroatoms. The number of hydrogen-bond acceptors (Lipinski definition) is 3. The maximum Gasteiger partial charge on any atom is 0.224 e. The molecule has 4 nitrogen and oxygen atoms in total. The second kappa shape index (κ2) is 7.26. The highest BCUT2D eigenvalue weighted by molar-refractivity contribution is 5.91. The lowest BCUT2D eigenvalue weighted by atomic mass is 10.1. The molecule has 1 aliphatic rings. The van der Waals surface area contributed by atoms with E-state index >= 15 is 0 Å². The van der Waals surface area contributed by atoms with E-state index in [1.807, 2.05) is 18.2 Å². The summed E-state index contributed by atoms with van der Waals surface area (Å²) in [5.74, 6) is 0.0549. The van der Waals surface area contributed by atoms with Crippen molar-refractivity contribution in [3.05, 3.63) is 29.8 Å². The minimum Gasteiger partial charge on any atom is -0.330 e. The summed E-state index contributed by atoms with van der Waals surface area (Å²) in [6.45, 7) is 3.81. The zero-order valence-electron chi connectivity index (χ0n) is 11.4. The summed E-state index contributed by atoms with van der Waals surface area (Å²) in [5, 5.41) is 3.00. The second-order valence-corrected chi connectivity index (χ2v) is 5.08. The van der Waals surface area contributed by atoms with Crippen molar-refractivity contribution in [2.45, 2.75) is 32.2 Å². The minimum absolute atomic E-state index is 0.0549. The van der Waals surface area contributed by atoms with Gasteiger partial charge in [-0.1, -0.05) is 18.2 Å². The number of nitrogens with one attached hydrogen (secondary N) is 1. The second-order valence-electron chi connectivity index (χ2n) is 5.08. The van der Waals surface area contributed by atoms with Crippen molar-refractivity contribution in [2.24, 2.45) is 5.73 Å². The molecule has 19 heavy (non-hydrogen) atoms. The topological polar surface area (TPSA) is 58.4 Å². The molecule has 1 aromatic rings. The fourth-order valence-corrected chi connectivity index (χ4v) is 2.44. The highest BCUT2D eigenvalue weighted by atomic mass is 16.1. The van der Waals surface area contributed by atoms with E-state index < -0.39 is 0 Å². The molecular weight excluding hydrogens is 238 g/mol. The van der Waals surface area contributed by atoms with Gasteiger partial charge in [0.15, 0.2) is 0 Å². The number of likely N-dealkylation sites (tertiary alicyclic amines) is 1. The molecule has 0 bridgehead atoms. The Morgan fingerprint density at radius 3 is 2.74 bits per heavy atom. The zero-order valence-corrected chi connectivity index (χ0v) is 11.4. The molecule has 3 N–H and O–H groups in total. The SMILES string of the molecule is NCCCC(=O)Nc1ccccc1CN1CCCC1. The monoisotopic (exact) mass is 261 g/mol. The number of hydrogen-bond donors (Lipinski definition) is 2. The molecular formula is C15H23N3O. The van der Waals surface area contributed by atoms with Gasteiger partial charge in [-0.25, -0.2) is 0 Å². The van der Waals surface area contributed by atoms with E-state index in [4.69, 9.17) is 5.73 Å². The Hall–Kier alpha value is -1.39. The third-order valence-corrected chi connectivity index (χ3v) is 3.49. The van der Waals surface area contributed by atoms with E-state index in [1.54, 1.807) is 0 Å². The minimum atomic E-state index is 0.0549. The van der Waals surface area contributed by atoms with Gasteiger partial charge in [-0.2, -0.15) is 0 Å². The predicted octanol–water partition coefficient (Wildman–Crippen LogP) is 1.96. The zero-order chi connectivity index (χ0) is 13.5. The van der Waals surface area contributed by atoms with Gasteiger partial charge in [-0.05, 0) is 50.5 Å². The Morgan fingerprint density at radius 2 is 2.00 bits per heavy atom. The molecule has 1 aromatic carbocycles. The van der Waals surface area contributed by atoms with Gasteiger partial charge >= 0.3 is 0 Å². The molecule has 0 aromatic heterocycles. The molecule has 0 atom stereocenters. The van der Waals surface area contributed by atoms with Crippen molar-refractivity contribution >= 4 is 11.6 Å². The van der Waals surface area contributed by atoms with Crippen LogP contribution in [0.2, 0.25) is 0 Å². The largest absolute Gasteiger partial charge is 0.330 e. The number of carbonyl (C=O) groups is 1. The van der Waals surface area contributed by atoms with Gasteiger partial charge < -0.3 is 11.1 Å². The van der Waals surface area contributed by atoms with E-state index in [0.717, 1.165) is 31.7 Å². The van der Waals surface area contributed by atoms with Crippen LogP contribution in [0.3, 0.4) is 0 Å². The average Bonchev–Trinajstić information content (AvgIpc) is 2.91. The van der Waals surface area contributed by atoms with Gasteiger partial charge in [0.25, 0.3) is 0 Å². The Bertz CT molecular complexity index is 414. The van der Waals surface area contributed by atoms with E-state index in [0.29, 0.717) is 13.0 Å². The van der Waals surface area contributed by atoms with Crippen LogP contribution in [0.1, 0.15) is 31.2 Å². The normalized spacial score (nSPS) is 15.6. The molecule has 104 valence electrons. The lowest BCUT2D eigenvalue weighted by Crippen LogP contribution is -2.20. The van der Waals surface area contributed by atoms with Gasteiger partial charge in [0.2, 0.25) is 5.91 Å². The van der Waals surface area contributed by atoms with Crippen molar-refractivity contribution in [1.29, 1.82) is 0 Å². The summed E-state index contributed by atoms with van der Waals surface area (Å²) in [7, 11) is 0. The number of benzene rings is 1. The van der Waals surface area contributed by atoms with Crippen LogP contribution in [-0.2, 0) is 11.3 Å². The van der Waals surface area contributed by atoms with Crippen LogP contribution in [-0.4, -0.2) is 30.4 Å². The van der Waals surface area contributed by atoms with Crippen molar-refractivity contribution in [1.82, 2.24) is 4.90 Å². The molecule has 0 radical (unpaired) electrons. The smallest absolute Gasteiger partial charge is 0.224 e. The third kappa shape index (κ3) is 4.33. The van der Waals surface area contributed by atoms with E-state index in [9.17, 15) is 4.79 Å². The predicted molar refractivity (Wildman–Crippen MR) is 77.9 cm³/mol. The number of carbonyl (C=O) groups excluding carboxylic acids is 1. The maximum atomic E-state index is 11.8. The van der Waals surface area contributed by atoms with Crippen LogP contribution < -0.4 is 11.1 Å². The summed E-state index contributed by atoms with van der Waals surface area (Å²) in [5.41, 5.74) is 7.56. The summed E-state index contributed by atoms with van der Waals surface area (Å²) in [4.78, 5) is 14.2.